The van der Waals surface area contributed by atoms with E-state index in [1.165, 1.54) is 6.26 Å². The zero-order valence-corrected chi connectivity index (χ0v) is 10.1. The fraction of sp³-hybridized carbons (Fsp3) is 0.700. The molecule has 1 unspecified atom stereocenters. The largest absolute Gasteiger partial charge is 0.266 e. The van der Waals surface area contributed by atoms with Crippen LogP contribution in [0, 0.1) is 5.41 Å². The van der Waals surface area contributed by atoms with Crippen LogP contribution in [-0.2, 0) is 9.84 Å². The Labute approximate surface area is 85.8 Å². The Bertz CT molecular complexity index is 396. The van der Waals surface area contributed by atoms with Crippen LogP contribution in [0.4, 0.5) is 0 Å². The van der Waals surface area contributed by atoms with Gasteiger partial charge in [0.25, 0.3) is 0 Å². The summed E-state index contributed by atoms with van der Waals surface area (Å²) in [5.41, 5.74) is 0.680. The average Bonchev–Trinajstić information content (AvgIpc) is 2.27. The van der Waals surface area contributed by atoms with Crippen LogP contribution in [-0.4, -0.2) is 25.8 Å². The zero-order chi connectivity index (χ0) is 11.1. The molecule has 1 rings (SSSR count). The summed E-state index contributed by atoms with van der Waals surface area (Å²) in [5, 5.41) is 0.262. The van der Waals surface area contributed by atoms with Gasteiger partial charge in [-0.3, -0.25) is 4.99 Å². The lowest BCUT2D eigenvalue weighted by atomic mass is 9.87. The Balaban J connectivity index is 3.24. The predicted octanol–water partition coefficient (Wildman–Crippen LogP) is 1.80. The van der Waals surface area contributed by atoms with Crippen LogP contribution in [0.25, 0.3) is 0 Å². The zero-order valence-electron chi connectivity index (χ0n) is 9.33. The van der Waals surface area contributed by atoms with Crippen molar-refractivity contribution in [3.8, 4) is 0 Å². The molecule has 0 radical (unpaired) electrons. The first-order chi connectivity index (χ1) is 6.12. The Hall–Kier alpha value is -0.640. The molecule has 0 saturated heterocycles. The van der Waals surface area contributed by atoms with Gasteiger partial charge < -0.3 is 0 Å². The first kappa shape index (κ1) is 11.4. The molecule has 0 aromatic heterocycles. The standard InChI is InChI=1S/C10H17NO2S/c1-7-6-8(10(2,3)4)9(11-7)14(5,12)13/h6-7H,1-5H3. The molecule has 1 heterocycles. The van der Waals surface area contributed by atoms with Crippen molar-refractivity contribution in [1.29, 1.82) is 0 Å². The maximum atomic E-state index is 11.5. The third-order valence-electron chi connectivity index (χ3n) is 2.12. The van der Waals surface area contributed by atoms with Crippen LogP contribution in [0.15, 0.2) is 16.6 Å². The Morgan fingerprint density at radius 1 is 1.36 bits per heavy atom. The van der Waals surface area contributed by atoms with E-state index in [0.29, 0.717) is 0 Å². The third kappa shape index (κ3) is 2.23. The lowest BCUT2D eigenvalue weighted by Gasteiger charge is -2.20. The van der Waals surface area contributed by atoms with E-state index >= 15 is 0 Å². The third-order valence-corrected chi connectivity index (χ3v) is 3.15. The van der Waals surface area contributed by atoms with Gasteiger partial charge in [-0.25, -0.2) is 8.42 Å². The smallest absolute Gasteiger partial charge is 0.192 e. The molecule has 14 heavy (non-hydrogen) atoms. The van der Waals surface area contributed by atoms with Gasteiger partial charge in [-0.05, 0) is 17.9 Å². The molecule has 0 aromatic carbocycles. The Morgan fingerprint density at radius 3 is 2.14 bits per heavy atom. The van der Waals surface area contributed by atoms with E-state index in [-0.39, 0.29) is 16.5 Å². The van der Waals surface area contributed by atoms with E-state index in [4.69, 9.17) is 0 Å². The van der Waals surface area contributed by atoms with Crippen LogP contribution in [0.5, 0.6) is 0 Å². The second kappa shape index (κ2) is 3.19. The average molecular weight is 215 g/mol. The molecule has 1 atom stereocenters. The predicted molar refractivity (Wildman–Crippen MR) is 59.3 cm³/mol. The molecular weight excluding hydrogens is 198 g/mol. The quantitative estimate of drug-likeness (QED) is 0.618. The SMILES string of the molecule is CC1C=C(C(C)(C)C)C(S(C)(=O)=O)=N1. The fourth-order valence-electron chi connectivity index (χ4n) is 1.47. The van der Waals surface area contributed by atoms with Gasteiger partial charge in [0.2, 0.25) is 0 Å². The number of aliphatic imine (C=N–C) groups is 1. The summed E-state index contributed by atoms with van der Waals surface area (Å²) < 4.78 is 22.9. The second-order valence-electron chi connectivity index (χ2n) is 4.78. The van der Waals surface area contributed by atoms with E-state index in [0.717, 1.165) is 5.57 Å². The summed E-state index contributed by atoms with van der Waals surface area (Å²) in [6.45, 7) is 7.89. The second-order valence-corrected chi connectivity index (χ2v) is 6.71. The van der Waals surface area contributed by atoms with Crippen molar-refractivity contribution in [3.05, 3.63) is 11.6 Å². The number of sulfone groups is 1. The van der Waals surface area contributed by atoms with Crippen LogP contribution in [0.3, 0.4) is 0 Å². The molecule has 0 aromatic rings. The lowest BCUT2D eigenvalue weighted by Crippen LogP contribution is -2.22. The summed E-state index contributed by atoms with van der Waals surface area (Å²) in [4.78, 5) is 4.14. The van der Waals surface area contributed by atoms with E-state index in [1.54, 1.807) is 0 Å². The van der Waals surface area contributed by atoms with Crippen molar-refractivity contribution in [2.24, 2.45) is 10.4 Å². The maximum Gasteiger partial charge on any atom is 0.192 e. The summed E-state index contributed by atoms with van der Waals surface area (Å²) in [6, 6.07) is -0.0195. The Morgan fingerprint density at radius 2 is 1.86 bits per heavy atom. The minimum absolute atomic E-state index is 0.0195. The van der Waals surface area contributed by atoms with Crippen LogP contribution in [0.1, 0.15) is 27.7 Å². The van der Waals surface area contributed by atoms with Crippen molar-refractivity contribution in [2.45, 2.75) is 33.7 Å². The van der Waals surface area contributed by atoms with Crippen molar-refractivity contribution in [1.82, 2.24) is 0 Å². The Kier molecular flexibility index (Phi) is 2.61. The van der Waals surface area contributed by atoms with Crippen LogP contribution in [0.2, 0.25) is 0 Å². The molecule has 0 saturated carbocycles. The molecule has 0 bridgehead atoms. The molecule has 1 aliphatic rings. The molecule has 3 nitrogen and oxygen atoms in total. The number of hydrogen-bond acceptors (Lipinski definition) is 3. The van der Waals surface area contributed by atoms with Crippen LogP contribution < -0.4 is 0 Å². The number of nitrogens with zero attached hydrogens (tertiary/aromatic N) is 1. The maximum absolute atomic E-state index is 11.5. The van der Waals surface area contributed by atoms with Crippen molar-refractivity contribution < 1.29 is 8.42 Å². The molecule has 80 valence electrons. The highest BCUT2D eigenvalue weighted by atomic mass is 32.2. The fourth-order valence-corrected chi connectivity index (χ4v) is 2.60. The van der Waals surface area contributed by atoms with Crippen molar-refractivity contribution >= 4 is 14.9 Å². The van der Waals surface area contributed by atoms with Crippen molar-refractivity contribution in [3.63, 3.8) is 0 Å². The van der Waals surface area contributed by atoms with E-state index < -0.39 is 9.84 Å². The number of hydrogen-bond donors (Lipinski definition) is 0. The highest BCUT2D eigenvalue weighted by Crippen LogP contribution is 2.32. The van der Waals surface area contributed by atoms with E-state index in [2.05, 4.69) is 4.99 Å². The van der Waals surface area contributed by atoms with Gasteiger partial charge in [-0.1, -0.05) is 26.8 Å². The summed E-state index contributed by atoms with van der Waals surface area (Å²) in [5.74, 6) is 0. The van der Waals surface area contributed by atoms with Gasteiger partial charge in [0, 0.05) is 6.26 Å². The highest BCUT2D eigenvalue weighted by Gasteiger charge is 2.32. The summed E-state index contributed by atoms with van der Waals surface area (Å²) in [6.07, 6.45) is 3.14. The molecular formula is C10H17NO2S. The molecule has 0 fully saturated rings. The monoisotopic (exact) mass is 215 g/mol. The van der Waals surface area contributed by atoms with Crippen LogP contribution >= 0.6 is 0 Å². The minimum Gasteiger partial charge on any atom is -0.266 e. The van der Waals surface area contributed by atoms with E-state index in [1.807, 2.05) is 33.8 Å². The highest BCUT2D eigenvalue weighted by molar-refractivity contribution is 8.06. The normalized spacial score (nSPS) is 23.4. The molecule has 0 aliphatic carbocycles. The van der Waals surface area contributed by atoms with Gasteiger partial charge >= 0.3 is 0 Å². The van der Waals surface area contributed by atoms with E-state index in [9.17, 15) is 8.42 Å². The number of rotatable bonds is 0. The van der Waals surface area contributed by atoms with Gasteiger partial charge in [-0.2, -0.15) is 0 Å². The minimum atomic E-state index is -3.19. The first-order valence-electron chi connectivity index (χ1n) is 4.63. The topological polar surface area (TPSA) is 46.5 Å². The van der Waals surface area contributed by atoms with Gasteiger partial charge in [0.1, 0.15) is 0 Å². The molecule has 1 aliphatic heterocycles. The lowest BCUT2D eigenvalue weighted by molar-refractivity contribution is 0.525. The van der Waals surface area contributed by atoms with Gasteiger partial charge in [0.05, 0.1) is 6.04 Å². The van der Waals surface area contributed by atoms with Gasteiger partial charge in [-0.15, -0.1) is 0 Å². The molecule has 0 spiro atoms. The van der Waals surface area contributed by atoms with Crippen molar-refractivity contribution in [2.75, 3.05) is 6.26 Å². The molecule has 0 N–H and O–H groups in total. The van der Waals surface area contributed by atoms with Gasteiger partial charge in [0.15, 0.2) is 14.9 Å². The summed E-state index contributed by atoms with van der Waals surface area (Å²) >= 11 is 0. The first-order valence-corrected chi connectivity index (χ1v) is 6.52. The summed E-state index contributed by atoms with van der Waals surface area (Å²) in [7, 11) is -3.19. The molecule has 4 heteroatoms. The molecule has 0 amide bonds.